The molecule has 0 aliphatic carbocycles. The number of hydrogen-bond acceptors (Lipinski definition) is 2. The molecule has 0 spiro atoms. The number of primary amides is 1. The van der Waals surface area contributed by atoms with Crippen LogP contribution in [0.15, 0.2) is 24.3 Å². The van der Waals surface area contributed by atoms with E-state index in [0.29, 0.717) is 0 Å². The van der Waals surface area contributed by atoms with Gasteiger partial charge in [0.05, 0.1) is 5.56 Å². The van der Waals surface area contributed by atoms with Crippen LogP contribution in [0.4, 0.5) is 18.9 Å². The Morgan fingerprint density at radius 1 is 1.31 bits per heavy atom. The summed E-state index contributed by atoms with van der Waals surface area (Å²) in [6, 6.07) is 3.40. The maximum Gasteiger partial charge on any atom is 0.417 e. The van der Waals surface area contributed by atoms with E-state index in [0.717, 1.165) is 18.2 Å². The van der Waals surface area contributed by atoms with Crippen LogP contribution in [-0.2, 0) is 11.0 Å². The fourth-order valence-corrected chi connectivity index (χ4v) is 1.18. The molecule has 0 saturated carbocycles. The first-order valence-corrected chi connectivity index (χ1v) is 4.25. The van der Waals surface area contributed by atoms with Gasteiger partial charge in [0, 0.05) is 17.3 Å². The number of nitrogens with two attached hydrogens (primary N) is 2. The van der Waals surface area contributed by atoms with Crippen molar-refractivity contribution in [2.75, 3.05) is 5.73 Å². The van der Waals surface area contributed by atoms with E-state index in [9.17, 15) is 18.0 Å². The highest BCUT2D eigenvalue weighted by Gasteiger charge is 2.33. The molecular formula is C10H9F3N2O. The fraction of sp³-hybridized carbons (Fsp3) is 0.100. The summed E-state index contributed by atoms with van der Waals surface area (Å²) in [4.78, 5) is 10.5. The second-order valence-electron chi connectivity index (χ2n) is 3.04. The van der Waals surface area contributed by atoms with E-state index in [-0.39, 0.29) is 11.3 Å². The predicted molar refractivity (Wildman–Crippen MR) is 54.1 cm³/mol. The van der Waals surface area contributed by atoms with Crippen LogP contribution in [0.25, 0.3) is 6.08 Å². The standard InChI is InChI=1S/C10H9F3N2O/c11-10(12,13)7-2-1-3-8(14)6(7)4-5-9(15)16/h1-5H,14H2,(H2,15,16). The Bertz CT molecular complexity index is 438. The number of amides is 1. The van der Waals surface area contributed by atoms with Crippen molar-refractivity contribution < 1.29 is 18.0 Å². The molecular weight excluding hydrogens is 221 g/mol. The molecule has 6 heteroatoms. The molecule has 0 bridgehead atoms. The SMILES string of the molecule is NC(=O)C=Cc1c(N)cccc1C(F)(F)F. The van der Waals surface area contributed by atoms with Crippen molar-refractivity contribution in [3.05, 3.63) is 35.4 Å². The van der Waals surface area contributed by atoms with Crippen LogP contribution < -0.4 is 11.5 Å². The molecule has 4 N–H and O–H groups in total. The monoisotopic (exact) mass is 230 g/mol. The average Bonchev–Trinajstić information content (AvgIpc) is 2.13. The zero-order chi connectivity index (χ0) is 12.3. The molecule has 0 radical (unpaired) electrons. The molecule has 1 aromatic rings. The Kier molecular flexibility index (Phi) is 3.22. The average molecular weight is 230 g/mol. The second kappa shape index (κ2) is 4.26. The van der Waals surface area contributed by atoms with Gasteiger partial charge in [0.15, 0.2) is 0 Å². The number of anilines is 1. The van der Waals surface area contributed by atoms with Crippen molar-refractivity contribution in [3.8, 4) is 0 Å². The van der Waals surface area contributed by atoms with E-state index in [4.69, 9.17) is 11.5 Å². The minimum Gasteiger partial charge on any atom is -0.398 e. The lowest BCUT2D eigenvalue weighted by molar-refractivity contribution is -0.137. The zero-order valence-corrected chi connectivity index (χ0v) is 8.08. The first-order chi connectivity index (χ1) is 7.32. The minimum absolute atomic E-state index is 0.0627. The van der Waals surface area contributed by atoms with Gasteiger partial charge in [0.2, 0.25) is 5.91 Å². The predicted octanol–water partition coefficient (Wildman–Crippen LogP) is 1.79. The molecule has 16 heavy (non-hydrogen) atoms. The fourth-order valence-electron chi connectivity index (χ4n) is 1.18. The largest absolute Gasteiger partial charge is 0.417 e. The van der Waals surface area contributed by atoms with Crippen molar-refractivity contribution in [2.24, 2.45) is 5.73 Å². The van der Waals surface area contributed by atoms with E-state index >= 15 is 0 Å². The van der Waals surface area contributed by atoms with Gasteiger partial charge in [-0.15, -0.1) is 0 Å². The summed E-state index contributed by atoms with van der Waals surface area (Å²) in [5.41, 5.74) is 8.99. The Balaban J connectivity index is 3.30. The highest BCUT2D eigenvalue weighted by molar-refractivity contribution is 5.91. The van der Waals surface area contributed by atoms with E-state index in [1.165, 1.54) is 12.1 Å². The van der Waals surface area contributed by atoms with Gasteiger partial charge < -0.3 is 11.5 Å². The van der Waals surface area contributed by atoms with Crippen LogP contribution in [0.1, 0.15) is 11.1 Å². The smallest absolute Gasteiger partial charge is 0.398 e. The summed E-state index contributed by atoms with van der Waals surface area (Å²) in [5.74, 6) is -0.837. The third-order valence-electron chi connectivity index (χ3n) is 1.86. The zero-order valence-electron chi connectivity index (χ0n) is 8.08. The summed E-state index contributed by atoms with van der Waals surface area (Å²) in [7, 11) is 0. The van der Waals surface area contributed by atoms with E-state index in [2.05, 4.69) is 0 Å². The van der Waals surface area contributed by atoms with Gasteiger partial charge in [0.1, 0.15) is 0 Å². The van der Waals surface area contributed by atoms with Crippen molar-refractivity contribution in [2.45, 2.75) is 6.18 Å². The molecule has 1 aromatic carbocycles. The van der Waals surface area contributed by atoms with Crippen molar-refractivity contribution >= 4 is 17.7 Å². The summed E-state index contributed by atoms with van der Waals surface area (Å²) in [5, 5.41) is 0. The molecule has 0 fully saturated rings. The van der Waals surface area contributed by atoms with Crippen LogP contribution in [0.2, 0.25) is 0 Å². The summed E-state index contributed by atoms with van der Waals surface area (Å²) in [6.07, 6.45) is -2.73. The molecule has 1 rings (SSSR count). The number of alkyl halides is 3. The van der Waals surface area contributed by atoms with E-state index in [1.54, 1.807) is 0 Å². The van der Waals surface area contributed by atoms with Crippen molar-refractivity contribution in [1.82, 2.24) is 0 Å². The number of carbonyl (C=O) groups is 1. The Morgan fingerprint density at radius 3 is 2.44 bits per heavy atom. The molecule has 0 saturated heterocycles. The quantitative estimate of drug-likeness (QED) is 0.600. The van der Waals surface area contributed by atoms with Gasteiger partial charge in [-0.1, -0.05) is 6.07 Å². The number of carbonyl (C=O) groups excluding carboxylic acids is 1. The minimum atomic E-state index is -4.52. The first-order valence-electron chi connectivity index (χ1n) is 4.25. The number of halogens is 3. The van der Waals surface area contributed by atoms with Crippen LogP contribution in [0.3, 0.4) is 0 Å². The van der Waals surface area contributed by atoms with E-state index < -0.39 is 17.6 Å². The molecule has 86 valence electrons. The van der Waals surface area contributed by atoms with E-state index in [1.807, 2.05) is 0 Å². The molecule has 0 aliphatic rings. The first kappa shape index (κ1) is 12.1. The van der Waals surface area contributed by atoms with Crippen molar-refractivity contribution in [3.63, 3.8) is 0 Å². The molecule has 0 heterocycles. The maximum atomic E-state index is 12.5. The van der Waals surface area contributed by atoms with Crippen molar-refractivity contribution in [1.29, 1.82) is 0 Å². The normalized spacial score (nSPS) is 11.9. The number of benzene rings is 1. The van der Waals surface area contributed by atoms with Gasteiger partial charge in [-0.25, -0.2) is 0 Å². The number of rotatable bonds is 2. The molecule has 1 amide bonds. The van der Waals surface area contributed by atoms with Gasteiger partial charge in [-0.2, -0.15) is 13.2 Å². The Labute approximate surface area is 89.5 Å². The Hall–Kier alpha value is -1.98. The van der Waals surface area contributed by atoms with Gasteiger partial charge in [0.25, 0.3) is 0 Å². The molecule has 3 nitrogen and oxygen atoms in total. The number of nitrogen functional groups attached to an aromatic ring is 1. The lowest BCUT2D eigenvalue weighted by atomic mass is 10.0. The summed E-state index contributed by atoms with van der Waals surface area (Å²) < 4.78 is 37.6. The third kappa shape index (κ3) is 2.75. The van der Waals surface area contributed by atoms with Crippen LogP contribution in [0, 0.1) is 0 Å². The molecule has 0 unspecified atom stereocenters. The lowest BCUT2D eigenvalue weighted by Gasteiger charge is -2.11. The van der Waals surface area contributed by atoms with Gasteiger partial charge in [-0.3, -0.25) is 4.79 Å². The highest BCUT2D eigenvalue weighted by atomic mass is 19.4. The van der Waals surface area contributed by atoms with Gasteiger partial charge >= 0.3 is 6.18 Å². The molecule has 0 aliphatic heterocycles. The summed E-state index contributed by atoms with van der Waals surface area (Å²) >= 11 is 0. The Morgan fingerprint density at radius 2 is 1.94 bits per heavy atom. The highest BCUT2D eigenvalue weighted by Crippen LogP contribution is 2.34. The second-order valence-corrected chi connectivity index (χ2v) is 3.04. The topological polar surface area (TPSA) is 69.1 Å². The summed E-state index contributed by atoms with van der Waals surface area (Å²) in [6.45, 7) is 0. The molecule has 0 atom stereocenters. The lowest BCUT2D eigenvalue weighted by Crippen LogP contribution is -2.10. The van der Waals surface area contributed by atoms with Gasteiger partial charge in [-0.05, 0) is 18.2 Å². The van der Waals surface area contributed by atoms with Crippen LogP contribution in [-0.4, -0.2) is 5.91 Å². The van der Waals surface area contributed by atoms with Crippen LogP contribution in [0.5, 0.6) is 0 Å². The number of hydrogen-bond donors (Lipinski definition) is 2. The van der Waals surface area contributed by atoms with Crippen LogP contribution >= 0.6 is 0 Å². The third-order valence-corrected chi connectivity index (χ3v) is 1.86. The molecule has 0 aromatic heterocycles. The maximum absolute atomic E-state index is 12.5.